The Morgan fingerprint density at radius 1 is 1.75 bits per heavy atom. The number of hydrogen-bond donors (Lipinski definition) is 1. The lowest BCUT2D eigenvalue weighted by Crippen LogP contribution is -2.02. The van der Waals surface area contributed by atoms with Crippen molar-refractivity contribution >= 4 is 6.72 Å². The number of hydrogen-bond acceptors (Lipinski definition) is 3. The van der Waals surface area contributed by atoms with Crippen LogP contribution in [0.1, 0.15) is 0 Å². The zero-order valence-electron chi connectivity index (χ0n) is 5.26. The van der Waals surface area contributed by atoms with Crippen LogP contribution in [-0.2, 0) is 0 Å². The molecule has 0 spiro atoms. The summed E-state index contributed by atoms with van der Waals surface area (Å²) in [7, 11) is 3.63. The fraction of sp³-hybridized carbons (Fsp3) is 0.400. The molecule has 0 radical (unpaired) electrons. The Kier molecular flexibility index (Phi) is 3.66. The fourth-order valence-corrected chi connectivity index (χ4v) is 0.230. The van der Waals surface area contributed by atoms with E-state index in [0.29, 0.717) is 0 Å². The van der Waals surface area contributed by atoms with Gasteiger partial charge in [0.05, 0.1) is 0 Å². The quantitative estimate of drug-likeness (QED) is 0.419. The maximum atomic E-state index is 3.58. The summed E-state index contributed by atoms with van der Waals surface area (Å²) >= 11 is 0. The third-order valence-corrected chi connectivity index (χ3v) is 0.680. The first kappa shape index (κ1) is 7.01. The van der Waals surface area contributed by atoms with Crippen LogP contribution in [-0.4, -0.2) is 25.8 Å². The highest BCUT2D eigenvalue weighted by Gasteiger charge is 1.74. The van der Waals surface area contributed by atoms with E-state index in [1.807, 2.05) is 7.05 Å². The van der Waals surface area contributed by atoms with E-state index in [-0.39, 0.29) is 0 Å². The average molecular weight is 113 g/mol. The van der Waals surface area contributed by atoms with Crippen molar-refractivity contribution in [1.29, 1.82) is 0 Å². The molecule has 0 aromatic rings. The molecule has 0 amide bonds. The zero-order chi connectivity index (χ0) is 6.41. The molecular formula is C5H11N3. The van der Waals surface area contributed by atoms with Gasteiger partial charge in [0.2, 0.25) is 0 Å². The van der Waals surface area contributed by atoms with Crippen LogP contribution in [0.2, 0.25) is 0 Å². The van der Waals surface area contributed by atoms with Gasteiger partial charge in [-0.3, -0.25) is 5.01 Å². The molecule has 0 atom stereocenters. The molecule has 3 nitrogen and oxygen atoms in total. The summed E-state index contributed by atoms with van der Waals surface area (Å²) in [5.74, 6) is 0. The van der Waals surface area contributed by atoms with Crippen molar-refractivity contribution in [2.24, 2.45) is 5.10 Å². The smallest absolute Gasteiger partial charge is 0.0385 e. The molecule has 0 saturated carbocycles. The van der Waals surface area contributed by atoms with Crippen LogP contribution in [0.25, 0.3) is 0 Å². The SMILES string of the molecule is C=NN(C)/C=C\NC. The second-order valence-corrected chi connectivity index (χ2v) is 1.32. The van der Waals surface area contributed by atoms with Gasteiger partial charge in [0.25, 0.3) is 0 Å². The monoisotopic (exact) mass is 113 g/mol. The summed E-state index contributed by atoms with van der Waals surface area (Å²) in [4.78, 5) is 0. The van der Waals surface area contributed by atoms with Crippen LogP contribution >= 0.6 is 0 Å². The van der Waals surface area contributed by atoms with E-state index in [1.165, 1.54) is 0 Å². The third-order valence-electron chi connectivity index (χ3n) is 0.680. The summed E-state index contributed by atoms with van der Waals surface area (Å²) in [5, 5.41) is 8.01. The van der Waals surface area contributed by atoms with E-state index in [2.05, 4.69) is 17.1 Å². The van der Waals surface area contributed by atoms with E-state index in [0.717, 1.165) is 0 Å². The lowest BCUT2D eigenvalue weighted by atomic mass is 10.8. The van der Waals surface area contributed by atoms with Gasteiger partial charge in [0, 0.05) is 33.2 Å². The predicted octanol–water partition coefficient (Wildman–Crippen LogP) is 0.224. The standard InChI is InChI=1S/C5H11N3/c1-6-4-5-8(3)7-2/h4-6H,2H2,1,3H3/b5-4-. The summed E-state index contributed by atoms with van der Waals surface area (Å²) in [6, 6.07) is 0. The molecule has 0 bridgehead atoms. The van der Waals surface area contributed by atoms with Gasteiger partial charge in [0.1, 0.15) is 0 Å². The van der Waals surface area contributed by atoms with Crippen LogP contribution in [0, 0.1) is 0 Å². The van der Waals surface area contributed by atoms with Crippen molar-refractivity contribution in [1.82, 2.24) is 10.3 Å². The van der Waals surface area contributed by atoms with Crippen molar-refractivity contribution in [3.63, 3.8) is 0 Å². The molecule has 0 aliphatic rings. The largest absolute Gasteiger partial charge is 0.393 e. The first-order chi connectivity index (χ1) is 3.81. The second kappa shape index (κ2) is 4.18. The average Bonchev–Trinajstić information content (AvgIpc) is 1.83. The highest BCUT2D eigenvalue weighted by atomic mass is 15.4. The van der Waals surface area contributed by atoms with Gasteiger partial charge in [-0.1, -0.05) is 0 Å². The van der Waals surface area contributed by atoms with Gasteiger partial charge in [-0.2, -0.15) is 5.10 Å². The zero-order valence-corrected chi connectivity index (χ0v) is 5.26. The van der Waals surface area contributed by atoms with Crippen molar-refractivity contribution < 1.29 is 0 Å². The van der Waals surface area contributed by atoms with Gasteiger partial charge in [-0.05, 0) is 0 Å². The Morgan fingerprint density at radius 2 is 2.38 bits per heavy atom. The summed E-state index contributed by atoms with van der Waals surface area (Å²) in [6.45, 7) is 3.31. The first-order valence-corrected chi connectivity index (χ1v) is 2.34. The maximum Gasteiger partial charge on any atom is 0.0385 e. The minimum absolute atomic E-state index is 1.61. The number of nitrogens with one attached hydrogen (secondary N) is 1. The molecular weight excluding hydrogens is 102 g/mol. The molecule has 0 saturated heterocycles. The van der Waals surface area contributed by atoms with E-state index >= 15 is 0 Å². The van der Waals surface area contributed by atoms with E-state index in [4.69, 9.17) is 0 Å². The van der Waals surface area contributed by atoms with Crippen LogP contribution < -0.4 is 5.32 Å². The van der Waals surface area contributed by atoms with Crippen LogP contribution in [0.5, 0.6) is 0 Å². The molecule has 3 heteroatoms. The molecule has 46 valence electrons. The molecule has 0 aliphatic heterocycles. The van der Waals surface area contributed by atoms with E-state index < -0.39 is 0 Å². The lowest BCUT2D eigenvalue weighted by Gasteiger charge is -2.01. The Hall–Kier alpha value is -0.990. The summed E-state index contributed by atoms with van der Waals surface area (Å²) in [6.07, 6.45) is 3.54. The molecule has 0 heterocycles. The maximum absolute atomic E-state index is 3.58. The van der Waals surface area contributed by atoms with Gasteiger partial charge in [-0.15, -0.1) is 0 Å². The minimum Gasteiger partial charge on any atom is -0.393 e. The molecule has 0 aromatic carbocycles. The Morgan fingerprint density at radius 3 is 2.75 bits per heavy atom. The van der Waals surface area contributed by atoms with Gasteiger partial charge >= 0.3 is 0 Å². The molecule has 8 heavy (non-hydrogen) atoms. The minimum atomic E-state index is 1.61. The van der Waals surface area contributed by atoms with Crippen molar-refractivity contribution in [2.45, 2.75) is 0 Å². The van der Waals surface area contributed by atoms with E-state index in [9.17, 15) is 0 Å². The first-order valence-electron chi connectivity index (χ1n) is 2.34. The van der Waals surface area contributed by atoms with Gasteiger partial charge < -0.3 is 5.32 Å². The topological polar surface area (TPSA) is 27.6 Å². The molecule has 0 unspecified atom stereocenters. The van der Waals surface area contributed by atoms with Crippen LogP contribution in [0.3, 0.4) is 0 Å². The van der Waals surface area contributed by atoms with Crippen molar-refractivity contribution in [3.8, 4) is 0 Å². The summed E-state index contributed by atoms with van der Waals surface area (Å²) in [5.41, 5.74) is 0. The lowest BCUT2D eigenvalue weighted by molar-refractivity contribution is 0.492. The normalized spacial score (nSPS) is 9.25. The van der Waals surface area contributed by atoms with Crippen LogP contribution in [0.4, 0.5) is 0 Å². The number of rotatable bonds is 3. The highest BCUT2D eigenvalue weighted by molar-refractivity contribution is 5.22. The molecule has 0 aliphatic carbocycles. The Bertz CT molecular complexity index is 87.7. The van der Waals surface area contributed by atoms with Crippen molar-refractivity contribution in [2.75, 3.05) is 14.1 Å². The Labute approximate surface area is 49.7 Å². The Balaban J connectivity index is 3.35. The third kappa shape index (κ3) is 3.21. The van der Waals surface area contributed by atoms with Gasteiger partial charge in [-0.25, -0.2) is 0 Å². The molecule has 0 aromatic heterocycles. The fourth-order valence-electron chi connectivity index (χ4n) is 0.230. The highest BCUT2D eigenvalue weighted by Crippen LogP contribution is 1.78. The second-order valence-electron chi connectivity index (χ2n) is 1.32. The molecule has 0 rings (SSSR count). The van der Waals surface area contributed by atoms with Crippen LogP contribution in [0.15, 0.2) is 17.5 Å². The number of nitrogens with zero attached hydrogens (tertiary/aromatic N) is 2. The summed E-state index contributed by atoms with van der Waals surface area (Å²) < 4.78 is 0. The number of hydrazone groups is 1. The predicted molar refractivity (Wildman–Crippen MR) is 35.5 cm³/mol. The van der Waals surface area contributed by atoms with E-state index in [1.54, 1.807) is 24.5 Å². The van der Waals surface area contributed by atoms with Crippen molar-refractivity contribution in [3.05, 3.63) is 12.4 Å². The van der Waals surface area contributed by atoms with Gasteiger partial charge in [0.15, 0.2) is 0 Å². The molecule has 1 N–H and O–H groups in total. The molecule has 0 fully saturated rings.